The largest absolute Gasteiger partial charge is 0.373 e. The minimum Gasteiger partial charge on any atom is -0.373 e. The number of likely N-dealkylation sites (tertiary alicyclic amines) is 1. The van der Waals surface area contributed by atoms with Crippen molar-refractivity contribution in [1.29, 1.82) is 0 Å². The van der Waals surface area contributed by atoms with Crippen molar-refractivity contribution >= 4 is 5.91 Å². The normalized spacial score (nSPS) is 32.0. The van der Waals surface area contributed by atoms with Gasteiger partial charge in [0, 0.05) is 25.7 Å². The number of hydrogen-bond donors (Lipinski definition) is 1. The molecule has 0 radical (unpaired) electrons. The van der Waals surface area contributed by atoms with Crippen molar-refractivity contribution in [2.24, 2.45) is 5.92 Å². The maximum absolute atomic E-state index is 12.9. The Labute approximate surface area is 141 Å². The van der Waals surface area contributed by atoms with Gasteiger partial charge in [-0.3, -0.25) is 9.69 Å². The summed E-state index contributed by atoms with van der Waals surface area (Å²) < 4.78 is 5.82. The van der Waals surface area contributed by atoms with Crippen molar-refractivity contribution in [2.45, 2.75) is 71.8 Å². The second-order valence-electron chi connectivity index (χ2n) is 7.64. The number of ether oxygens (including phenoxy) is 1. The lowest BCUT2D eigenvalue weighted by molar-refractivity contribution is -0.136. The second-order valence-corrected chi connectivity index (χ2v) is 7.64. The van der Waals surface area contributed by atoms with E-state index in [4.69, 9.17) is 4.74 Å². The van der Waals surface area contributed by atoms with E-state index in [1.807, 2.05) is 0 Å². The molecule has 4 unspecified atom stereocenters. The Hall–Kier alpha value is -0.650. The van der Waals surface area contributed by atoms with Gasteiger partial charge in [-0.25, -0.2) is 0 Å². The van der Waals surface area contributed by atoms with Crippen LogP contribution in [-0.2, 0) is 9.53 Å². The lowest BCUT2D eigenvalue weighted by Gasteiger charge is -2.42. The number of nitrogens with one attached hydrogen (secondary N) is 1. The molecule has 0 spiro atoms. The third-order valence-electron chi connectivity index (χ3n) is 5.04. The van der Waals surface area contributed by atoms with Gasteiger partial charge in [0.2, 0.25) is 5.91 Å². The van der Waals surface area contributed by atoms with Gasteiger partial charge in [0.15, 0.2) is 0 Å². The van der Waals surface area contributed by atoms with Crippen molar-refractivity contribution in [3.8, 4) is 0 Å². The topological polar surface area (TPSA) is 44.8 Å². The van der Waals surface area contributed by atoms with Crippen LogP contribution in [0.3, 0.4) is 0 Å². The summed E-state index contributed by atoms with van der Waals surface area (Å²) in [5.41, 5.74) is 0. The number of nitrogens with zero attached hydrogens (tertiary/aromatic N) is 2. The van der Waals surface area contributed by atoms with Crippen molar-refractivity contribution < 1.29 is 9.53 Å². The lowest BCUT2D eigenvalue weighted by atomic mass is 9.98. The van der Waals surface area contributed by atoms with Gasteiger partial charge in [-0.05, 0) is 45.7 Å². The number of morpholine rings is 1. The minimum atomic E-state index is -0.0548. The van der Waals surface area contributed by atoms with Gasteiger partial charge < -0.3 is 15.0 Å². The van der Waals surface area contributed by atoms with Crippen LogP contribution in [-0.4, -0.2) is 72.7 Å². The fraction of sp³-hybridized carbons (Fsp3) is 0.944. The molecule has 0 saturated carbocycles. The van der Waals surface area contributed by atoms with E-state index in [9.17, 15) is 4.79 Å². The van der Waals surface area contributed by atoms with Crippen LogP contribution in [0.25, 0.3) is 0 Å². The third-order valence-corrected chi connectivity index (χ3v) is 5.04. The third kappa shape index (κ3) is 5.16. The first-order chi connectivity index (χ1) is 10.9. The standard InChI is InChI=1S/C18H35N3O2/c1-6-20-9-7-8-16(12-20)19-18(22)17(13(2)3)21-10-14(4)23-15(5)11-21/h13-17H,6-12H2,1-5H3,(H,19,22). The van der Waals surface area contributed by atoms with E-state index < -0.39 is 0 Å². The Morgan fingerprint density at radius 1 is 1.22 bits per heavy atom. The Kier molecular flexibility index (Phi) is 6.86. The molecule has 134 valence electrons. The molecule has 2 aliphatic rings. The molecule has 5 nitrogen and oxygen atoms in total. The molecular formula is C18H35N3O2. The van der Waals surface area contributed by atoms with Crippen LogP contribution in [0.15, 0.2) is 0 Å². The van der Waals surface area contributed by atoms with Crippen LogP contribution in [0.1, 0.15) is 47.5 Å². The van der Waals surface area contributed by atoms with Crippen molar-refractivity contribution in [3.63, 3.8) is 0 Å². The van der Waals surface area contributed by atoms with Crippen LogP contribution >= 0.6 is 0 Å². The molecule has 2 heterocycles. The summed E-state index contributed by atoms with van der Waals surface area (Å²) in [5, 5.41) is 3.33. The molecule has 2 saturated heterocycles. The summed E-state index contributed by atoms with van der Waals surface area (Å²) in [6, 6.07) is 0.245. The summed E-state index contributed by atoms with van der Waals surface area (Å²) >= 11 is 0. The van der Waals surface area contributed by atoms with Gasteiger partial charge in [0.1, 0.15) is 0 Å². The van der Waals surface area contributed by atoms with Crippen LogP contribution in [0, 0.1) is 5.92 Å². The molecule has 23 heavy (non-hydrogen) atoms. The number of hydrogen-bond acceptors (Lipinski definition) is 4. The number of likely N-dealkylation sites (N-methyl/N-ethyl adjacent to an activating group) is 1. The molecule has 4 atom stereocenters. The first kappa shape index (κ1) is 18.7. The smallest absolute Gasteiger partial charge is 0.237 e. The SMILES string of the molecule is CCN1CCCC(NC(=O)C(C(C)C)N2CC(C)OC(C)C2)C1. The summed E-state index contributed by atoms with van der Waals surface area (Å²) in [6.07, 6.45) is 2.66. The van der Waals surface area contributed by atoms with E-state index in [0.717, 1.165) is 39.1 Å². The quantitative estimate of drug-likeness (QED) is 0.836. The highest BCUT2D eigenvalue weighted by atomic mass is 16.5. The van der Waals surface area contributed by atoms with Crippen molar-refractivity contribution in [3.05, 3.63) is 0 Å². The van der Waals surface area contributed by atoms with Crippen LogP contribution in [0.5, 0.6) is 0 Å². The van der Waals surface area contributed by atoms with E-state index in [0.29, 0.717) is 12.0 Å². The predicted octanol–water partition coefficient (Wildman–Crippen LogP) is 1.72. The van der Waals surface area contributed by atoms with Gasteiger partial charge in [-0.1, -0.05) is 20.8 Å². The molecule has 0 aliphatic carbocycles. The number of rotatable bonds is 5. The monoisotopic (exact) mass is 325 g/mol. The van der Waals surface area contributed by atoms with Gasteiger partial charge in [0.25, 0.3) is 0 Å². The zero-order valence-corrected chi connectivity index (χ0v) is 15.5. The molecule has 1 N–H and O–H groups in total. The average Bonchev–Trinajstić information content (AvgIpc) is 2.46. The summed E-state index contributed by atoms with van der Waals surface area (Å²) in [4.78, 5) is 17.7. The molecule has 0 bridgehead atoms. The van der Waals surface area contributed by atoms with Crippen LogP contribution in [0.2, 0.25) is 0 Å². The molecule has 0 aromatic carbocycles. The first-order valence-corrected chi connectivity index (χ1v) is 9.33. The first-order valence-electron chi connectivity index (χ1n) is 9.33. The number of carbonyl (C=O) groups excluding carboxylic acids is 1. The van der Waals surface area contributed by atoms with Gasteiger partial charge in [0.05, 0.1) is 18.2 Å². The second kappa shape index (κ2) is 8.45. The van der Waals surface area contributed by atoms with Crippen molar-refractivity contribution in [2.75, 3.05) is 32.7 Å². The Balaban J connectivity index is 1.98. The summed E-state index contributed by atoms with van der Waals surface area (Å²) in [6.45, 7) is 15.6. The average molecular weight is 325 g/mol. The number of piperidine rings is 1. The molecule has 0 aromatic heterocycles. The molecule has 5 heteroatoms. The molecule has 2 rings (SSSR count). The Bertz CT molecular complexity index is 378. The summed E-state index contributed by atoms with van der Waals surface area (Å²) in [5.74, 6) is 0.502. The fourth-order valence-corrected chi connectivity index (χ4v) is 4.08. The highest BCUT2D eigenvalue weighted by Gasteiger charge is 2.35. The van der Waals surface area contributed by atoms with E-state index in [1.54, 1.807) is 0 Å². The predicted molar refractivity (Wildman–Crippen MR) is 93.5 cm³/mol. The van der Waals surface area contributed by atoms with Gasteiger partial charge in [-0.15, -0.1) is 0 Å². The van der Waals surface area contributed by atoms with Crippen LogP contribution in [0.4, 0.5) is 0 Å². The minimum absolute atomic E-state index is 0.0548. The number of amides is 1. The molecule has 0 aromatic rings. The van der Waals surface area contributed by atoms with Gasteiger partial charge in [-0.2, -0.15) is 0 Å². The molecule has 2 fully saturated rings. The van der Waals surface area contributed by atoms with E-state index >= 15 is 0 Å². The Morgan fingerprint density at radius 3 is 2.43 bits per heavy atom. The van der Waals surface area contributed by atoms with E-state index in [2.05, 4.69) is 49.7 Å². The molecule has 2 aliphatic heterocycles. The lowest BCUT2D eigenvalue weighted by Crippen LogP contribution is -2.59. The van der Waals surface area contributed by atoms with E-state index in [1.165, 1.54) is 6.42 Å². The van der Waals surface area contributed by atoms with Gasteiger partial charge >= 0.3 is 0 Å². The van der Waals surface area contributed by atoms with Crippen molar-refractivity contribution in [1.82, 2.24) is 15.1 Å². The zero-order valence-electron chi connectivity index (χ0n) is 15.5. The zero-order chi connectivity index (χ0) is 17.0. The molecule has 1 amide bonds. The maximum Gasteiger partial charge on any atom is 0.237 e. The Morgan fingerprint density at radius 2 is 1.87 bits per heavy atom. The van der Waals surface area contributed by atoms with Crippen LogP contribution < -0.4 is 5.32 Å². The highest BCUT2D eigenvalue weighted by molar-refractivity contribution is 5.82. The number of carbonyl (C=O) groups is 1. The summed E-state index contributed by atoms with van der Waals surface area (Å²) in [7, 11) is 0. The molecular weight excluding hydrogens is 290 g/mol. The maximum atomic E-state index is 12.9. The highest BCUT2D eigenvalue weighted by Crippen LogP contribution is 2.19. The van der Waals surface area contributed by atoms with E-state index in [-0.39, 0.29) is 24.2 Å². The fourth-order valence-electron chi connectivity index (χ4n) is 4.08.